The Hall–Kier alpha value is -1.87. The lowest BCUT2D eigenvalue weighted by molar-refractivity contribution is -0.142. The third kappa shape index (κ3) is 10.1. The number of guanidine groups is 1. The van der Waals surface area contributed by atoms with Gasteiger partial charge < -0.3 is 31.4 Å². The number of carboxylic acids is 1. The van der Waals surface area contributed by atoms with E-state index in [-0.39, 0.29) is 25.6 Å². The molecule has 0 aliphatic heterocycles. The molecule has 1 amide bonds. The summed E-state index contributed by atoms with van der Waals surface area (Å²) in [6.45, 7) is 0.744. The maximum absolute atomic E-state index is 11.5. The van der Waals surface area contributed by atoms with E-state index in [4.69, 9.17) is 26.0 Å². The van der Waals surface area contributed by atoms with Crippen LogP contribution in [0.2, 0.25) is 0 Å². The van der Waals surface area contributed by atoms with Crippen LogP contribution in [0.4, 0.5) is 0 Å². The lowest BCUT2D eigenvalue weighted by Gasteiger charge is -2.14. The Morgan fingerprint density at radius 2 is 2.05 bits per heavy atom. The van der Waals surface area contributed by atoms with Gasteiger partial charge in [-0.15, -0.1) is 0 Å². The fraction of sp³-hybridized carbons (Fsp3) is 0.727. The van der Waals surface area contributed by atoms with Crippen LogP contribution in [-0.2, 0) is 19.1 Å². The van der Waals surface area contributed by atoms with Gasteiger partial charge in [0.15, 0.2) is 5.96 Å². The van der Waals surface area contributed by atoms with E-state index in [1.165, 1.54) is 7.11 Å². The van der Waals surface area contributed by atoms with Gasteiger partial charge in [0.2, 0.25) is 5.91 Å². The Morgan fingerprint density at radius 1 is 1.35 bits per heavy atom. The van der Waals surface area contributed by atoms with Crippen LogP contribution in [0.15, 0.2) is 4.99 Å². The Labute approximate surface area is 117 Å². The van der Waals surface area contributed by atoms with E-state index in [0.717, 1.165) is 0 Å². The molecule has 0 aliphatic carbocycles. The third-order valence-electron chi connectivity index (χ3n) is 2.24. The van der Waals surface area contributed by atoms with Gasteiger partial charge in [-0.25, -0.2) is 4.79 Å². The van der Waals surface area contributed by atoms with Gasteiger partial charge in [0, 0.05) is 13.7 Å². The lowest BCUT2D eigenvalue weighted by atomic mass is 10.1. The molecule has 9 nitrogen and oxygen atoms in total. The quantitative estimate of drug-likeness (QED) is 0.201. The molecule has 0 rings (SSSR count). The Kier molecular flexibility index (Phi) is 9.97. The van der Waals surface area contributed by atoms with Gasteiger partial charge in [0.1, 0.15) is 12.6 Å². The summed E-state index contributed by atoms with van der Waals surface area (Å²) in [5.74, 6) is -1.65. The maximum Gasteiger partial charge on any atom is 0.326 e. The molecule has 0 spiro atoms. The fourth-order valence-electron chi connectivity index (χ4n) is 1.30. The number of nitrogens with zero attached hydrogens (tertiary/aromatic N) is 1. The molecule has 0 radical (unpaired) electrons. The number of aliphatic carboxylic acids is 1. The number of nitrogens with two attached hydrogens (primary N) is 2. The van der Waals surface area contributed by atoms with E-state index < -0.39 is 17.9 Å². The summed E-state index contributed by atoms with van der Waals surface area (Å²) in [6.07, 6.45) is 0.676. The van der Waals surface area contributed by atoms with E-state index in [0.29, 0.717) is 19.6 Å². The molecule has 9 heteroatoms. The number of methoxy groups -OCH3 is 1. The highest BCUT2D eigenvalue weighted by Crippen LogP contribution is 1.98. The number of amides is 1. The standard InChI is InChI=1S/C11H22N4O5/c1-19-5-6-20-7-9(16)15-8(10(17)18)3-2-4-14-11(12)13/h8H,2-7H2,1H3,(H,15,16)(H,17,18)(H4,12,13,14). The topological polar surface area (TPSA) is 149 Å². The molecule has 116 valence electrons. The van der Waals surface area contributed by atoms with Crippen molar-refractivity contribution >= 4 is 17.8 Å². The summed E-state index contributed by atoms with van der Waals surface area (Å²) in [7, 11) is 1.51. The second-order valence-corrected chi connectivity index (χ2v) is 3.95. The average Bonchev–Trinajstić information content (AvgIpc) is 2.37. The van der Waals surface area contributed by atoms with Gasteiger partial charge in [-0.1, -0.05) is 0 Å². The summed E-state index contributed by atoms with van der Waals surface area (Å²) in [4.78, 5) is 26.2. The number of aliphatic imine (C=N–C) groups is 1. The number of carbonyl (C=O) groups excluding carboxylic acids is 1. The van der Waals surface area contributed by atoms with E-state index in [2.05, 4.69) is 10.3 Å². The van der Waals surface area contributed by atoms with Crippen LogP contribution < -0.4 is 16.8 Å². The highest BCUT2D eigenvalue weighted by molar-refractivity contribution is 5.84. The number of rotatable bonds is 11. The van der Waals surface area contributed by atoms with Gasteiger partial charge in [-0.05, 0) is 12.8 Å². The Balaban J connectivity index is 3.97. The molecule has 6 N–H and O–H groups in total. The zero-order valence-corrected chi connectivity index (χ0v) is 11.5. The molecule has 0 aliphatic rings. The molecule has 0 saturated heterocycles. The van der Waals surface area contributed by atoms with Crippen LogP contribution in [0, 0.1) is 0 Å². The van der Waals surface area contributed by atoms with Crippen molar-refractivity contribution in [2.75, 3.05) is 33.5 Å². The zero-order chi connectivity index (χ0) is 15.4. The first-order valence-electron chi connectivity index (χ1n) is 6.11. The number of carboxylic acid groups (broad SMARTS) is 1. The third-order valence-corrected chi connectivity index (χ3v) is 2.24. The van der Waals surface area contributed by atoms with Gasteiger partial charge in [0.25, 0.3) is 0 Å². The zero-order valence-electron chi connectivity index (χ0n) is 11.5. The molecule has 1 atom stereocenters. The Bertz CT molecular complexity index is 331. The van der Waals surface area contributed by atoms with E-state index in [1.54, 1.807) is 0 Å². The number of carbonyl (C=O) groups is 2. The predicted octanol–water partition coefficient (Wildman–Crippen LogP) is -1.73. The number of ether oxygens (including phenoxy) is 2. The minimum atomic E-state index is -1.11. The SMILES string of the molecule is COCCOCC(=O)NC(CCCN=C(N)N)C(=O)O. The molecule has 0 bridgehead atoms. The largest absolute Gasteiger partial charge is 0.480 e. The molecule has 0 fully saturated rings. The molecular weight excluding hydrogens is 268 g/mol. The van der Waals surface area contributed by atoms with E-state index >= 15 is 0 Å². The molecule has 0 heterocycles. The Morgan fingerprint density at radius 3 is 2.60 bits per heavy atom. The first-order valence-corrected chi connectivity index (χ1v) is 6.11. The molecule has 20 heavy (non-hydrogen) atoms. The van der Waals surface area contributed by atoms with Crippen LogP contribution in [0.3, 0.4) is 0 Å². The molecule has 0 aromatic rings. The van der Waals surface area contributed by atoms with Crippen LogP contribution in [0.25, 0.3) is 0 Å². The van der Waals surface area contributed by atoms with Crippen LogP contribution in [0.1, 0.15) is 12.8 Å². The molecule has 0 aromatic carbocycles. The second-order valence-electron chi connectivity index (χ2n) is 3.95. The normalized spacial score (nSPS) is 11.7. The average molecular weight is 290 g/mol. The predicted molar refractivity (Wildman–Crippen MR) is 72.2 cm³/mol. The fourth-order valence-corrected chi connectivity index (χ4v) is 1.30. The summed E-state index contributed by atoms with van der Waals surface area (Å²) < 4.78 is 9.73. The minimum absolute atomic E-state index is 0.0487. The van der Waals surface area contributed by atoms with Crippen molar-refractivity contribution in [2.24, 2.45) is 16.5 Å². The van der Waals surface area contributed by atoms with Gasteiger partial charge in [0.05, 0.1) is 13.2 Å². The number of nitrogens with one attached hydrogen (secondary N) is 1. The van der Waals surface area contributed by atoms with Gasteiger partial charge in [-0.3, -0.25) is 9.79 Å². The summed E-state index contributed by atoms with van der Waals surface area (Å²) in [5, 5.41) is 11.3. The number of hydrogen-bond donors (Lipinski definition) is 4. The summed E-state index contributed by atoms with van der Waals surface area (Å²) >= 11 is 0. The first-order chi connectivity index (χ1) is 9.47. The molecule has 1 unspecified atom stereocenters. The van der Waals surface area contributed by atoms with Gasteiger partial charge >= 0.3 is 5.97 Å². The van der Waals surface area contributed by atoms with Crippen molar-refractivity contribution in [2.45, 2.75) is 18.9 Å². The molecular formula is C11H22N4O5. The second kappa shape index (κ2) is 11.0. The molecule has 0 saturated carbocycles. The molecule has 0 aromatic heterocycles. The van der Waals surface area contributed by atoms with Crippen molar-refractivity contribution in [3.63, 3.8) is 0 Å². The minimum Gasteiger partial charge on any atom is -0.480 e. The lowest BCUT2D eigenvalue weighted by Crippen LogP contribution is -2.42. The van der Waals surface area contributed by atoms with Crippen LogP contribution in [-0.4, -0.2) is 62.5 Å². The van der Waals surface area contributed by atoms with Crippen LogP contribution >= 0.6 is 0 Å². The van der Waals surface area contributed by atoms with Gasteiger partial charge in [-0.2, -0.15) is 0 Å². The van der Waals surface area contributed by atoms with Crippen molar-refractivity contribution in [3.05, 3.63) is 0 Å². The highest BCUT2D eigenvalue weighted by Gasteiger charge is 2.19. The van der Waals surface area contributed by atoms with Crippen molar-refractivity contribution in [1.82, 2.24) is 5.32 Å². The van der Waals surface area contributed by atoms with Crippen molar-refractivity contribution in [3.8, 4) is 0 Å². The smallest absolute Gasteiger partial charge is 0.326 e. The van der Waals surface area contributed by atoms with Crippen LogP contribution in [0.5, 0.6) is 0 Å². The van der Waals surface area contributed by atoms with E-state index in [1.807, 2.05) is 0 Å². The maximum atomic E-state index is 11.5. The monoisotopic (exact) mass is 290 g/mol. The highest BCUT2D eigenvalue weighted by atomic mass is 16.5. The summed E-state index contributed by atoms with van der Waals surface area (Å²) in [5.41, 5.74) is 10.3. The van der Waals surface area contributed by atoms with Crippen molar-refractivity contribution < 1.29 is 24.2 Å². The van der Waals surface area contributed by atoms with Crippen molar-refractivity contribution in [1.29, 1.82) is 0 Å². The van der Waals surface area contributed by atoms with E-state index in [9.17, 15) is 9.59 Å². The number of hydrogen-bond acceptors (Lipinski definition) is 5. The summed E-state index contributed by atoms with van der Waals surface area (Å²) in [6, 6.07) is -0.984. The first kappa shape index (κ1) is 18.1.